The van der Waals surface area contributed by atoms with Crippen molar-refractivity contribution in [1.82, 2.24) is 5.32 Å². The van der Waals surface area contributed by atoms with Gasteiger partial charge in [0.1, 0.15) is 0 Å². The first-order valence-corrected chi connectivity index (χ1v) is 5.92. The molecule has 1 aromatic carbocycles. The van der Waals surface area contributed by atoms with Gasteiger partial charge in [-0.05, 0) is 18.2 Å². The number of carbonyl (C=O) groups excluding carboxylic acids is 2. The van der Waals surface area contributed by atoms with Gasteiger partial charge in [-0.3, -0.25) is 9.59 Å². The first-order chi connectivity index (χ1) is 7.90. The molecule has 1 N–H and O–H groups in total. The number of rotatable bonds is 4. The lowest BCUT2D eigenvalue weighted by Crippen LogP contribution is -2.31. The van der Waals surface area contributed by atoms with Gasteiger partial charge in [0, 0.05) is 21.5 Å². The second-order valence-corrected chi connectivity index (χ2v) is 4.83. The molecule has 0 spiro atoms. The highest BCUT2D eigenvalue weighted by Crippen LogP contribution is 2.18. The molecule has 5 heteroatoms. The Hall–Kier alpha value is -1.06. The fourth-order valence-electron chi connectivity index (χ4n) is 1.16. The van der Waals surface area contributed by atoms with E-state index in [9.17, 15) is 9.59 Å². The van der Waals surface area contributed by atoms with Crippen LogP contribution in [0.3, 0.4) is 0 Å². The van der Waals surface area contributed by atoms with E-state index in [0.29, 0.717) is 15.6 Å². The second-order valence-electron chi connectivity index (χ2n) is 3.96. The van der Waals surface area contributed by atoms with E-state index in [-0.39, 0.29) is 24.2 Å². The highest BCUT2D eigenvalue weighted by Gasteiger charge is 2.11. The molecule has 0 fully saturated rings. The average Bonchev–Trinajstić information content (AvgIpc) is 2.23. The van der Waals surface area contributed by atoms with Crippen molar-refractivity contribution in [1.29, 1.82) is 0 Å². The minimum Gasteiger partial charge on any atom is -0.345 e. The minimum atomic E-state index is -0.358. The zero-order chi connectivity index (χ0) is 13.0. The van der Waals surface area contributed by atoms with E-state index in [2.05, 4.69) is 5.32 Å². The third-order valence-electron chi connectivity index (χ3n) is 2.19. The first-order valence-electron chi connectivity index (χ1n) is 5.17. The summed E-state index contributed by atoms with van der Waals surface area (Å²) in [5, 5.41) is 3.30. The molecule has 0 aromatic heterocycles. The van der Waals surface area contributed by atoms with Crippen molar-refractivity contribution in [3.05, 3.63) is 33.8 Å². The fourth-order valence-corrected chi connectivity index (χ4v) is 1.68. The van der Waals surface area contributed by atoms with Gasteiger partial charge in [-0.15, -0.1) is 0 Å². The van der Waals surface area contributed by atoms with E-state index < -0.39 is 0 Å². The second kappa shape index (κ2) is 6.03. The molecule has 0 bridgehead atoms. The number of ketones is 1. The lowest BCUT2D eigenvalue weighted by Gasteiger charge is -2.07. The average molecular weight is 274 g/mol. The summed E-state index contributed by atoms with van der Waals surface area (Å²) in [6, 6.07) is 4.55. The number of carbonyl (C=O) groups is 2. The molecule has 1 amide bonds. The maximum atomic E-state index is 11.7. The summed E-state index contributed by atoms with van der Waals surface area (Å²) in [5.74, 6) is -0.479. The zero-order valence-electron chi connectivity index (χ0n) is 9.59. The first kappa shape index (κ1) is 14.0. The summed E-state index contributed by atoms with van der Waals surface area (Å²) in [6.45, 7) is 3.58. The molecule has 0 heterocycles. The van der Waals surface area contributed by atoms with Crippen molar-refractivity contribution in [2.75, 3.05) is 6.54 Å². The molecule has 1 rings (SSSR count). The fraction of sp³-hybridized carbons (Fsp3) is 0.333. The van der Waals surface area contributed by atoms with Crippen LogP contribution in [0.15, 0.2) is 18.2 Å². The highest BCUT2D eigenvalue weighted by molar-refractivity contribution is 6.35. The van der Waals surface area contributed by atoms with Crippen molar-refractivity contribution in [3.63, 3.8) is 0 Å². The lowest BCUT2D eigenvalue weighted by atomic mass is 10.1. The lowest BCUT2D eigenvalue weighted by molar-refractivity contribution is -0.120. The number of halogens is 2. The Morgan fingerprint density at radius 3 is 2.18 bits per heavy atom. The molecule has 1 aromatic rings. The molecule has 0 radical (unpaired) electrons. The van der Waals surface area contributed by atoms with E-state index in [1.165, 1.54) is 12.1 Å². The van der Waals surface area contributed by atoms with E-state index in [1.54, 1.807) is 19.9 Å². The van der Waals surface area contributed by atoms with E-state index in [0.717, 1.165) is 0 Å². The Morgan fingerprint density at radius 2 is 1.71 bits per heavy atom. The van der Waals surface area contributed by atoms with Crippen LogP contribution in [-0.4, -0.2) is 18.2 Å². The van der Waals surface area contributed by atoms with Crippen molar-refractivity contribution in [3.8, 4) is 0 Å². The highest BCUT2D eigenvalue weighted by atomic mass is 35.5. The number of hydrogen-bond donors (Lipinski definition) is 1. The van der Waals surface area contributed by atoms with Gasteiger partial charge in [0.05, 0.1) is 6.54 Å². The van der Waals surface area contributed by atoms with Gasteiger partial charge in [0.2, 0.25) is 0 Å². The summed E-state index contributed by atoms with van der Waals surface area (Å²) >= 11 is 11.6. The molecular weight excluding hydrogens is 261 g/mol. The van der Waals surface area contributed by atoms with E-state index >= 15 is 0 Å². The maximum Gasteiger partial charge on any atom is 0.251 e. The molecule has 0 aliphatic rings. The van der Waals surface area contributed by atoms with Crippen LogP contribution in [0.1, 0.15) is 24.2 Å². The van der Waals surface area contributed by atoms with Gasteiger partial charge < -0.3 is 5.32 Å². The van der Waals surface area contributed by atoms with Crippen LogP contribution < -0.4 is 5.32 Å². The van der Waals surface area contributed by atoms with Crippen LogP contribution >= 0.6 is 23.2 Å². The number of Topliss-reactive ketones (excluding diaryl/α,β-unsaturated/α-hetero) is 1. The Labute approximate surface area is 110 Å². The predicted molar refractivity (Wildman–Crippen MR) is 68.6 cm³/mol. The van der Waals surface area contributed by atoms with Crippen LogP contribution in [0.2, 0.25) is 10.0 Å². The maximum absolute atomic E-state index is 11.7. The number of hydrogen-bond acceptors (Lipinski definition) is 2. The third kappa shape index (κ3) is 4.36. The molecule has 0 unspecified atom stereocenters. The Balaban J connectivity index is 2.67. The Morgan fingerprint density at radius 1 is 1.18 bits per heavy atom. The third-order valence-corrected chi connectivity index (χ3v) is 2.63. The number of amides is 1. The molecule has 92 valence electrons. The predicted octanol–water partition coefficient (Wildman–Crippen LogP) is 2.95. The van der Waals surface area contributed by atoms with E-state index in [4.69, 9.17) is 23.2 Å². The van der Waals surface area contributed by atoms with Crippen molar-refractivity contribution in [2.45, 2.75) is 13.8 Å². The van der Waals surface area contributed by atoms with Gasteiger partial charge in [0.15, 0.2) is 5.78 Å². The number of nitrogens with one attached hydrogen (secondary N) is 1. The van der Waals surface area contributed by atoms with Crippen LogP contribution in [-0.2, 0) is 4.79 Å². The van der Waals surface area contributed by atoms with Gasteiger partial charge in [0.25, 0.3) is 5.91 Å². The molecule has 17 heavy (non-hydrogen) atoms. The monoisotopic (exact) mass is 273 g/mol. The smallest absolute Gasteiger partial charge is 0.251 e. The molecule has 0 saturated heterocycles. The van der Waals surface area contributed by atoms with Crippen LogP contribution in [0, 0.1) is 5.92 Å². The number of benzene rings is 1. The summed E-state index contributed by atoms with van der Waals surface area (Å²) in [7, 11) is 0. The molecule has 0 saturated carbocycles. The summed E-state index contributed by atoms with van der Waals surface area (Å²) < 4.78 is 0. The largest absolute Gasteiger partial charge is 0.345 e. The molecule has 0 aliphatic heterocycles. The quantitative estimate of drug-likeness (QED) is 0.917. The van der Waals surface area contributed by atoms with Gasteiger partial charge in [-0.1, -0.05) is 37.0 Å². The van der Waals surface area contributed by atoms with Crippen LogP contribution in [0.5, 0.6) is 0 Å². The normalized spacial score (nSPS) is 10.4. The van der Waals surface area contributed by atoms with Gasteiger partial charge in [-0.2, -0.15) is 0 Å². The Kier molecular flexibility index (Phi) is 4.97. The topological polar surface area (TPSA) is 46.2 Å². The van der Waals surface area contributed by atoms with E-state index in [1.807, 2.05) is 0 Å². The summed E-state index contributed by atoms with van der Waals surface area (Å²) in [4.78, 5) is 23.0. The van der Waals surface area contributed by atoms with Crippen molar-refractivity contribution in [2.24, 2.45) is 5.92 Å². The van der Waals surface area contributed by atoms with Gasteiger partial charge >= 0.3 is 0 Å². The molecule has 3 nitrogen and oxygen atoms in total. The van der Waals surface area contributed by atoms with Crippen molar-refractivity contribution >= 4 is 34.9 Å². The van der Waals surface area contributed by atoms with Crippen LogP contribution in [0.25, 0.3) is 0 Å². The summed E-state index contributed by atoms with van der Waals surface area (Å²) in [6.07, 6.45) is 0. The molecule has 0 aliphatic carbocycles. The van der Waals surface area contributed by atoms with Crippen LogP contribution in [0.4, 0.5) is 0 Å². The van der Waals surface area contributed by atoms with Gasteiger partial charge in [-0.25, -0.2) is 0 Å². The van der Waals surface area contributed by atoms with Crippen molar-refractivity contribution < 1.29 is 9.59 Å². The summed E-state index contributed by atoms with van der Waals surface area (Å²) in [5.41, 5.74) is 0.346. The Bertz CT molecular complexity index is 424. The molecular formula is C12H13Cl2NO2. The molecule has 0 atom stereocenters. The standard InChI is InChI=1S/C12H13Cl2NO2/c1-7(2)11(16)6-15-12(17)8-3-9(13)5-10(14)4-8/h3-5,7H,6H2,1-2H3,(H,15,17). The minimum absolute atomic E-state index is 0.0145. The zero-order valence-corrected chi connectivity index (χ0v) is 11.1. The SMILES string of the molecule is CC(C)C(=O)CNC(=O)c1cc(Cl)cc(Cl)c1.